The van der Waals surface area contributed by atoms with Crippen molar-refractivity contribution in [3.63, 3.8) is 0 Å². The van der Waals surface area contributed by atoms with Crippen LogP contribution in [0.2, 0.25) is 0 Å². The summed E-state index contributed by atoms with van der Waals surface area (Å²) in [5.74, 6) is 1.29. The van der Waals surface area contributed by atoms with Crippen LogP contribution < -0.4 is 10.4 Å². The van der Waals surface area contributed by atoms with Crippen molar-refractivity contribution in [1.82, 2.24) is 23.7 Å². The fourth-order valence-corrected chi connectivity index (χ4v) is 7.34. The van der Waals surface area contributed by atoms with Gasteiger partial charge in [-0.1, -0.05) is 129 Å². The number of imidazole rings is 1. The van der Waals surface area contributed by atoms with E-state index in [1.807, 2.05) is 41.0 Å². The summed E-state index contributed by atoms with van der Waals surface area (Å²) in [5, 5.41) is 1.94. The van der Waals surface area contributed by atoms with Crippen LogP contribution in [0.1, 0.15) is 40.0 Å². The standard InChI is InChI=1S/C51H37N5O2.Pt/c1-51(2,3)36-28-30-52-47(31-36)55-44-24-11-10-21-42(44)43-27-26-39(33-46(43)55)58-38-20-12-19-37(32-38)54-49-45(25-14-29-53-49)56(50(54)57)48-40(34-15-6-4-7-16-34)22-13-23-41(48)35-17-8-5-9-18-35;/h4-31H,1-3H3;/q-2;+2/i4D,5D,6D,7D,8D,9D,15D,16D,17D,18D;. The molecule has 4 heterocycles. The summed E-state index contributed by atoms with van der Waals surface area (Å²) < 4.78 is 97.4. The maximum atomic E-state index is 15.3. The summed E-state index contributed by atoms with van der Waals surface area (Å²) in [6.07, 6.45) is 3.28. The Labute approximate surface area is 370 Å². The Bertz CT molecular complexity index is 3680. The smallest absolute Gasteiger partial charge is 0.509 e. The van der Waals surface area contributed by atoms with Gasteiger partial charge in [0, 0.05) is 40.5 Å². The topological polar surface area (TPSA) is 66.9 Å². The van der Waals surface area contributed by atoms with E-state index in [-0.39, 0.29) is 77.0 Å². The molecule has 0 N–H and O–H groups in total. The van der Waals surface area contributed by atoms with Crippen molar-refractivity contribution in [1.29, 1.82) is 0 Å². The van der Waals surface area contributed by atoms with E-state index in [4.69, 9.17) is 23.4 Å². The number of ether oxygens (including phenoxy) is 1. The Morgan fingerprint density at radius 2 is 1.31 bits per heavy atom. The number of para-hydroxylation sites is 2. The molecule has 0 atom stereocenters. The monoisotopic (exact) mass is 956 g/mol. The first kappa shape index (κ1) is 27.7. The Hall–Kier alpha value is -6.82. The fraction of sp³-hybridized carbons (Fsp3) is 0.0784. The molecule has 10 rings (SSSR count). The number of aromatic nitrogens is 5. The number of nitrogens with zero attached hydrogens (tertiary/aromatic N) is 5. The van der Waals surface area contributed by atoms with E-state index in [1.165, 1.54) is 33.5 Å². The predicted octanol–water partition coefficient (Wildman–Crippen LogP) is 11.7. The zero-order chi connectivity index (χ0) is 48.1. The molecule has 0 saturated carbocycles. The summed E-state index contributed by atoms with van der Waals surface area (Å²) >= 11 is 0. The summed E-state index contributed by atoms with van der Waals surface area (Å²) in [6.45, 7) is 6.44. The average molecular weight is 957 g/mol. The minimum Gasteiger partial charge on any atom is -0.509 e. The molecule has 0 amide bonds. The molecule has 0 radical (unpaired) electrons. The van der Waals surface area contributed by atoms with Crippen LogP contribution >= 0.6 is 0 Å². The molecule has 0 bridgehead atoms. The second-order valence-electron chi connectivity index (χ2n) is 14.6. The molecule has 6 aromatic carbocycles. The molecule has 8 heteroatoms. The molecule has 288 valence electrons. The summed E-state index contributed by atoms with van der Waals surface area (Å²) in [4.78, 5) is 24.7. The number of hydrogen-bond acceptors (Lipinski definition) is 4. The zero-order valence-electron chi connectivity index (χ0n) is 41.8. The van der Waals surface area contributed by atoms with Gasteiger partial charge in [-0.15, -0.1) is 35.7 Å². The quantitative estimate of drug-likeness (QED) is 0.149. The molecule has 0 aliphatic carbocycles. The van der Waals surface area contributed by atoms with E-state index in [9.17, 15) is 0 Å². The number of benzene rings is 6. The third-order valence-corrected chi connectivity index (χ3v) is 10.0. The van der Waals surface area contributed by atoms with E-state index in [0.29, 0.717) is 5.75 Å². The second kappa shape index (κ2) is 15.2. The van der Waals surface area contributed by atoms with Crippen LogP contribution in [0.15, 0.2) is 175 Å². The van der Waals surface area contributed by atoms with E-state index < -0.39 is 66.1 Å². The molecule has 0 unspecified atom stereocenters. The molecule has 59 heavy (non-hydrogen) atoms. The van der Waals surface area contributed by atoms with Crippen LogP contribution in [0.3, 0.4) is 0 Å². The van der Waals surface area contributed by atoms with Gasteiger partial charge in [0.25, 0.3) is 0 Å². The van der Waals surface area contributed by atoms with Crippen molar-refractivity contribution in [3.05, 3.63) is 198 Å². The normalized spacial score (nSPS) is 13.9. The molecular formula is C51H37N5O2Pt. The average Bonchev–Trinajstić information content (AvgIpc) is 3.82. The van der Waals surface area contributed by atoms with E-state index in [1.54, 1.807) is 42.6 Å². The van der Waals surface area contributed by atoms with E-state index in [2.05, 4.69) is 44.0 Å². The second-order valence-corrected chi connectivity index (χ2v) is 14.6. The Balaban J connectivity index is 0.00000593. The third-order valence-electron chi connectivity index (χ3n) is 10.0. The van der Waals surface area contributed by atoms with Gasteiger partial charge in [0.1, 0.15) is 5.82 Å². The maximum absolute atomic E-state index is 15.3. The van der Waals surface area contributed by atoms with Gasteiger partial charge in [-0.2, -0.15) is 12.1 Å². The molecule has 0 saturated heterocycles. The first-order valence-corrected chi connectivity index (χ1v) is 18.5. The van der Waals surface area contributed by atoms with Crippen LogP contribution in [-0.2, 0) is 26.5 Å². The zero-order valence-corrected chi connectivity index (χ0v) is 34.0. The van der Waals surface area contributed by atoms with E-state index in [0.717, 1.165) is 33.2 Å². The van der Waals surface area contributed by atoms with E-state index >= 15 is 4.79 Å². The van der Waals surface area contributed by atoms with Gasteiger partial charge >= 0.3 is 26.8 Å². The maximum Gasteiger partial charge on any atom is 2.00 e. The fourth-order valence-electron chi connectivity index (χ4n) is 7.34. The van der Waals surface area contributed by atoms with Crippen LogP contribution in [0.5, 0.6) is 11.5 Å². The van der Waals surface area contributed by atoms with Gasteiger partial charge in [0.05, 0.1) is 24.9 Å². The van der Waals surface area contributed by atoms with Crippen molar-refractivity contribution in [2.75, 3.05) is 0 Å². The van der Waals surface area contributed by atoms with Crippen molar-refractivity contribution in [2.24, 2.45) is 0 Å². The Morgan fingerprint density at radius 3 is 2.03 bits per heavy atom. The van der Waals surface area contributed by atoms with Gasteiger partial charge in [-0.25, -0.2) is 14.8 Å². The summed E-state index contributed by atoms with van der Waals surface area (Å²) in [5.41, 5.74) is 1.65. The van der Waals surface area contributed by atoms with Gasteiger partial charge in [0.15, 0.2) is 5.65 Å². The largest absolute Gasteiger partial charge is 2.00 e. The minimum absolute atomic E-state index is 0. The van der Waals surface area contributed by atoms with Gasteiger partial charge in [-0.05, 0) is 57.8 Å². The minimum atomic E-state index is -0.761. The first-order chi connectivity index (χ1) is 32.5. The Kier molecular flexibility index (Phi) is 7.13. The number of pyridine rings is 2. The first-order valence-electron chi connectivity index (χ1n) is 23.5. The molecule has 0 aliphatic rings. The van der Waals surface area contributed by atoms with Crippen LogP contribution in [0.25, 0.3) is 72.4 Å². The van der Waals surface area contributed by atoms with Gasteiger partial charge in [0.2, 0.25) is 0 Å². The van der Waals surface area contributed by atoms with Crippen molar-refractivity contribution < 1.29 is 39.5 Å². The van der Waals surface area contributed by atoms with Gasteiger partial charge < -0.3 is 9.30 Å². The number of hydrogen-bond donors (Lipinski definition) is 0. The molecule has 0 aliphatic heterocycles. The van der Waals surface area contributed by atoms with Crippen LogP contribution in [0, 0.1) is 12.1 Å². The molecule has 10 aromatic rings. The molecule has 0 fully saturated rings. The molecule has 0 spiro atoms. The summed E-state index contributed by atoms with van der Waals surface area (Å²) in [7, 11) is 0. The van der Waals surface area contributed by atoms with Gasteiger partial charge in [-0.3, -0.25) is 9.13 Å². The Morgan fingerprint density at radius 1 is 0.627 bits per heavy atom. The third kappa shape index (κ3) is 6.67. The number of rotatable bonds is 7. The SMILES string of the molecule is [2H]c1c([2H])c([2H])c(-c2cccc(-c3c([2H])c([2H])c([2H])c([2H])c3[2H])c2-n2c(=O)n(-c3[c-]c(Oc4[c-]c5c(cc4)c4ccccc4n5-c4cc(C(C)(C)C)ccn4)ccc3)c3ncccc32)c([2H])c1[2H].[Pt+2]. The van der Waals surface area contributed by atoms with Crippen molar-refractivity contribution in [3.8, 4) is 50.9 Å². The van der Waals surface area contributed by atoms with Crippen molar-refractivity contribution in [2.45, 2.75) is 26.2 Å². The molecule has 7 nitrogen and oxygen atoms in total. The van der Waals surface area contributed by atoms with Crippen LogP contribution in [0.4, 0.5) is 0 Å². The van der Waals surface area contributed by atoms with Crippen molar-refractivity contribution >= 4 is 33.0 Å². The molecular weight excluding hydrogens is 910 g/mol. The summed E-state index contributed by atoms with van der Waals surface area (Å²) in [6, 6.07) is 29.0. The predicted molar refractivity (Wildman–Crippen MR) is 233 cm³/mol. The number of fused-ring (bicyclic) bond motifs is 4. The van der Waals surface area contributed by atoms with Crippen LogP contribution in [-0.4, -0.2) is 23.7 Å². The molecule has 4 aromatic heterocycles.